The summed E-state index contributed by atoms with van der Waals surface area (Å²) in [7, 11) is 0. The highest BCUT2D eigenvalue weighted by Crippen LogP contribution is 2.37. The summed E-state index contributed by atoms with van der Waals surface area (Å²) in [5.41, 5.74) is 1.53. The van der Waals surface area contributed by atoms with Crippen molar-refractivity contribution in [1.82, 2.24) is 0 Å². The van der Waals surface area contributed by atoms with Gasteiger partial charge in [-0.3, -0.25) is 0 Å². The molecule has 0 amide bonds. The molecule has 5 nitrogen and oxygen atoms in total. The molecule has 32 heavy (non-hydrogen) atoms. The summed E-state index contributed by atoms with van der Waals surface area (Å²) in [6, 6.07) is 10.8. The van der Waals surface area contributed by atoms with Gasteiger partial charge in [0.1, 0.15) is 22.6 Å². The van der Waals surface area contributed by atoms with Crippen molar-refractivity contribution in [3.05, 3.63) is 62.6 Å². The Kier molecular flexibility index (Phi) is 11.9. The second-order valence-corrected chi connectivity index (χ2v) is 8.53. The number of hydrogen-bond donors (Lipinski definition) is 1. The summed E-state index contributed by atoms with van der Waals surface area (Å²) in [5.74, 6) is 1.71. The summed E-state index contributed by atoms with van der Waals surface area (Å²) in [5, 5.41) is 13.0. The maximum atomic E-state index is 8.97. The van der Waals surface area contributed by atoms with Gasteiger partial charge in [-0.05, 0) is 61.6 Å². The van der Waals surface area contributed by atoms with E-state index in [4.69, 9.17) is 65.8 Å². The van der Waals surface area contributed by atoms with Gasteiger partial charge in [-0.25, -0.2) is 0 Å². The normalized spacial score (nSPS) is 11.2. The van der Waals surface area contributed by atoms with Gasteiger partial charge in [-0.1, -0.05) is 58.5 Å². The van der Waals surface area contributed by atoms with Crippen LogP contribution >= 0.6 is 46.4 Å². The van der Waals surface area contributed by atoms with E-state index in [0.717, 1.165) is 30.6 Å². The van der Waals surface area contributed by atoms with Crippen LogP contribution in [0.25, 0.3) is 0 Å². The molecule has 0 saturated carbocycles. The van der Waals surface area contributed by atoms with Crippen molar-refractivity contribution >= 4 is 52.1 Å². The molecule has 9 heteroatoms. The van der Waals surface area contributed by atoms with Gasteiger partial charge in [0.25, 0.3) is 0 Å². The fraction of sp³-hybridized carbons (Fsp3) is 0.348. The number of benzene rings is 2. The molecule has 0 aliphatic carbocycles. The first kappa shape index (κ1) is 26.5. The lowest BCUT2D eigenvalue weighted by molar-refractivity contribution is 0.279. The molecule has 0 radical (unpaired) electrons. The van der Waals surface area contributed by atoms with E-state index < -0.39 is 0 Å². The Hall–Kier alpha value is -1.79. The maximum Gasteiger partial charge on any atom is 0.156 e. The summed E-state index contributed by atoms with van der Waals surface area (Å²) in [6.07, 6.45) is 4.82. The summed E-state index contributed by atoms with van der Waals surface area (Å²) in [6.45, 7) is 3.23. The number of unbranched alkanes of at least 4 members (excludes halogenated alkanes) is 2. The van der Waals surface area contributed by atoms with E-state index in [1.165, 1.54) is 6.08 Å². The summed E-state index contributed by atoms with van der Waals surface area (Å²) >= 11 is 23.6. The Morgan fingerprint density at radius 3 is 2.09 bits per heavy atom. The minimum Gasteiger partial charge on any atom is -0.494 e. The molecule has 0 fully saturated rings. The van der Waals surface area contributed by atoms with Crippen LogP contribution in [0.2, 0.25) is 10.0 Å². The van der Waals surface area contributed by atoms with Crippen molar-refractivity contribution in [2.45, 2.75) is 32.6 Å². The average Bonchev–Trinajstić information content (AvgIpc) is 2.76. The van der Waals surface area contributed by atoms with Crippen molar-refractivity contribution in [3.63, 3.8) is 0 Å². The molecule has 2 rings (SSSR count). The smallest absolute Gasteiger partial charge is 0.156 e. The van der Waals surface area contributed by atoms with Gasteiger partial charge in [0.05, 0.1) is 29.0 Å². The van der Waals surface area contributed by atoms with E-state index in [1.54, 1.807) is 12.1 Å². The molecular weight excluding hydrogens is 496 g/mol. The fourth-order valence-corrected chi connectivity index (χ4v) is 3.48. The predicted molar refractivity (Wildman–Crippen MR) is 132 cm³/mol. The first-order valence-electron chi connectivity index (χ1n) is 10.1. The van der Waals surface area contributed by atoms with E-state index in [-0.39, 0.29) is 11.1 Å². The van der Waals surface area contributed by atoms with Gasteiger partial charge >= 0.3 is 0 Å². The average molecular weight is 521 g/mol. The molecule has 2 aromatic carbocycles. The lowest BCUT2D eigenvalue weighted by atomic mass is 10.1. The molecule has 0 spiro atoms. The van der Waals surface area contributed by atoms with E-state index >= 15 is 0 Å². The summed E-state index contributed by atoms with van der Waals surface area (Å²) in [4.78, 5) is 0. The highest BCUT2D eigenvalue weighted by atomic mass is 35.5. The number of nitrogens with zero attached hydrogens (tertiary/aromatic N) is 1. The Bertz CT molecular complexity index is 890. The van der Waals surface area contributed by atoms with Crippen molar-refractivity contribution in [1.29, 1.82) is 0 Å². The number of halogens is 4. The van der Waals surface area contributed by atoms with E-state index in [9.17, 15) is 0 Å². The first-order chi connectivity index (χ1) is 15.4. The van der Waals surface area contributed by atoms with Gasteiger partial charge in [-0.2, -0.15) is 0 Å². The second-order valence-electron chi connectivity index (χ2n) is 6.70. The van der Waals surface area contributed by atoms with E-state index in [1.807, 2.05) is 31.2 Å². The molecule has 0 unspecified atom stereocenters. The van der Waals surface area contributed by atoms with E-state index in [0.29, 0.717) is 46.9 Å². The number of ether oxygens (including phenoxy) is 3. The molecular formula is C23H25Cl4NO4. The van der Waals surface area contributed by atoms with Crippen LogP contribution in [0.5, 0.6) is 17.2 Å². The van der Waals surface area contributed by atoms with Gasteiger partial charge in [0.15, 0.2) is 5.75 Å². The molecule has 2 aromatic rings. The van der Waals surface area contributed by atoms with Crippen molar-refractivity contribution in [2.24, 2.45) is 5.16 Å². The van der Waals surface area contributed by atoms with E-state index in [2.05, 4.69) is 5.16 Å². The number of oxime groups is 1. The Balaban J connectivity index is 1.68. The SMILES string of the molecule is CCC(=NO)c1ccc(OCCCCCOc2c(Cl)cc(OCC=C(Cl)Cl)cc2Cl)cc1. The minimum absolute atomic E-state index is 0.129. The Morgan fingerprint density at radius 2 is 1.53 bits per heavy atom. The lowest BCUT2D eigenvalue weighted by Gasteiger charge is -2.12. The quantitative estimate of drug-likeness (QED) is 0.126. The van der Waals surface area contributed by atoms with Gasteiger partial charge < -0.3 is 19.4 Å². The first-order valence-corrected chi connectivity index (χ1v) is 11.7. The number of rotatable bonds is 13. The zero-order valence-corrected chi connectivity index (χ0v) is 20.6. The molecule has 0 heterocycles. The van der Waals surface area contributed by atoms with Crippen molar-refractivity contribution < 1.29 is 19.4 Å². The summed E-state index contributed by atoms with van der Waals surface area (Å²) < 4.78 is 17.1. The van der Waals surface area contributed by atoms with Crippen LogP contribution in [0.1, 0.15) is 38.2 Å². The molecule has 174 valence electrons. The molecule has 0 atom stereocenters. The molecule has 0 aromatic heterocycles. The third-order valence-corrected chi connectivity index (χ3v) is 5.28. The van der Waals surface area contributed by atoms with Crippen LogP contribution in [0, 0.1) is 0 Å². The largest absolute Gasteiger partial charge is 0.494 e. The minimum atomic E-state index is 0.129. The van der Waals surface area contributed by atoms with Crippen LogP contribution in [0.15, 0.2) is 52.1 Å². The number of hydrogen-bond acceptors (Lipinski definition) is 5. The maximum absolute atomic E-state index is 8.97. The van der Waals surface area contributed by atoms with Crippen LogP contribution in [0.3, 0.4) is 0 Å². The van der Waals surface area contributed by atoms with Gasteiger partial charge in [-0.15, -0.1) is 0 Å². The lowest BCUT2D eigenvalue weighted by Crippen LogP contribution is -2.02. The van der Waals surface area contributed by atoms with Gasteiger partial charge in [0.2, 0.25) is 0 Å². The predicted octanol–water partition coefficient (Wildman–Crippen LogP) is 7.91. The molecule has 0 saturated heterocycles. The Morgan fingerprint density at radius 1 is 0.906 bits per heavy atom. The third-order valence-electron chi connectivity index (χ3n) is 4.41. The van der Waals surface area contributed by atoms with Crippen LogP contribution in [0.4, 0.5) is 0 Å². The fourth-order valence-electron chi connectivity index (χ4n) is 2.78. The van der Waals surface area contributed by atoms with Gasteiger partial charge in [0, 0.05) is 12.1 Å². The van der Waals surface area contributed by atoms with Crippen molar-refractivity contribution in [3.8, 4) is 17.2 Å². The highest BCUT2D eigenvalue weighted by molar-refractivity contribution is 6.55. The zero-order chi connectivity index (χ0) is 23.3. The second kappa shape index (κ2) is 14.4. The van der Waals surface area contributed by atoms with Crippen molar-refractivity contribution in [2.75, 3.05) is 19.8 Å². The van der Waals surface area contributed by atoms with Crippen LogP contribution in [-0.4, -0.2) is 30.7 Å². The Labute approximate surface area is 208 Å². The topological polar surface area (TPSA) is 60.3 Å². The standard InChI is InChI=1S/C23H25Cl4NO4/c1-2-21(28-29)16-6-8-17(9-7-16)30-11-4-3-5-12-32-23-19(24)14-18(15-20(23)25)31-13-10-22(26)27/h6-10,14-15,29H,2-5,11-13H2,1H3. The molecule has 0 aliphatic heterocycles. The highest BCUT2D eigenvalue weighted by Gasteiger charge is 2.10. The molecule has 0 bridgehead atoms. The van der Waals surface area contributed by atoms with Crippen LogP contribution < -0.4 is 14.2 Å². The molecule has 0 aliphatic rings. The van der Waals surface area contributed by atoms with Crippen LogP contribution in [-0.2, 0) is 0 Å². The third kappa shape index (κ3) is 8.99. The zero-order valence-electron chi connectivity index (χ0n) is 17.6. The monoisotopic (exact) mass is 519 g/mol. The molecule has 1 N–H and O–H groups in total.